The molecule has 0 unspecified atom stereocenters. The summed E-state index contributed by atoms with van der Waals surface area (Å²) in [4.78, 5) is 17.9. The highest BCUT2D eigenvalue weighted by atomic mass is 32.1. The normalized spacial score (nSPS) is 16.7. The molecular formula is C29H29N5O4S. The van der Waals surface area contributed by atoms with Crippen molar-refractivity contribution < 1.29 is 14.4 Å². The summed E-state index contributed by atoms with van der Waals surface area (Å²) in [7, 11) is 1.56. The number of ether oxygens (including phenoxy) is 2. The largest absolute Gasteiger partial charge is 0.495 e. The van der Waals surface area contributed by atoms with Gasteiger partial charge in [0.05, 0.1) is 42.1 Å². The number of pyridine rings is 1. The average Bonchev–Trinajstić information content (AvgIpc) is 3.44. The molecule has 0 bridgehead atoms. The molecule has 1 saturated heterocycles. The molecule has 0 spiro atoms. The van der Waals surface area contributed by atoms with E-state index in [2.05, 4.69) is 21.3 Å². The Morgan fingerprint density at radius 1 is 1.10 bits per heavy atom. The number of hydrogen-bond donors (Lipinski definition) is 1. The lowest BCUT2D eigenvalue weighted by Gasteiger charge is -2.28. The van der Waals surface area contributed by atoms with Gasteiger partial charge in [-0.05, 0) is 87.1 Å². The number of nitro groups is 1. The second-order valence-electron chi connectivity index (χ2n) is 9.20. The standard InChI is InChI=1S/C29H29N5O4S/c1-5-38-22-12-9-20(10-13-22)33-28(27(31-29(33)39)24-8-6-7-15-30-24)23-16-18(2)32(19(23)3)25-17-21(34(35)36)11-14-26(25)37-4/h6-17,27-28H,5H2,1-4H3,(H,31,39)/t27-,28+/m0/s1. The van der Waals surface area contributed by atoms with Gasteiger partial charge in [-0.25, -0.2) is 0 Å². The molecule has 200 valence electrons. The van der Waals surface area contributed by atoms with Crippen molar-refractivity contribution in [3.63, 3.8) is 0 Å². The Kier molecular flexibility index (Phi) is 7.21. The van der Waals surface area contributed by atoms with Gasteiger partial charge in [0, 0.05) is 35.4 Å². The lowest BCUT2D eigenvalue weighted by Crippen LogP contribution is -2.29. The highest BCUT2D eigenvalue weighted by Gasteiger charge is 2.42. The fraction of sp³-hybridized carbons (Fsp3) is 0.241. The van der Waals surface area contributed by atoms with Gasteiger partial charge in [-0.2, -0.15) is 0 Å². The smallest absolute Gasteiger partial charge is 0.271 e. The van der Waals surface area contributed by atoms with Crippen molar-refractivity contribution >= 4 is 28.7 Å². The fourth-order valence-electron chi connectivity index (χ4n) is 5.24. The average molecular weight is 544 g/mol. The molecule has 0 saturated carbocycles. The summed E-state index contributed by atoms with van der Waals surface area (Å²) in [6.07, 6.45) is 1.77. The molecule has 1 aliphatic heterocycles. The molecular weight excluding hydrogens is 514 g/mol. The third-order valence-electron chi connectivity index (χ3n) is 6.93. The predicted octanol–water partition coefficient (Wildman–Crippen LogP) is 5.98. The van der Waals surface area contributed by atoms with E-state index in [0.29, 0.717) is 23.2 Å². The highest BCUT2D eigenvalue weighted by Crippen LogP contribution is 2.44. The summed E-state index contributed by atoms with van der Waals surface area (Å²) in [5.41, 5.74) is 5.20. The molecule has 2 atom stereocenters. The molecule has 10 heteroatoms. The molecule has 0 amide bonds. The molecule has 0 radical (unpaired) electrons. The van der Waals surface area contributed by atoms with Crippen LogP contribution in [-0.2, 0) is 0 Å². The van der Waals surface area contributed by atoms with Crippen LogP contribution in [0.25, 0.3) is 5.69 Å². The first-order valence-electron chi connectivity index (χ1n) is 12.6. The Labute approximate surface area is 232 Å². The van der Waals surface area contributed by atoms with Gasteiger partial charge in [-0.15, -0.1) is 0 Å². The zero-order valence-corrected chi connectivity index (χ0v) is 22.9. The first-order valence-corrected chi connectivity index (χ1v) is 13.0. The van der Waals surface area contributed by atoms with Crippen molar-refractivity contribution in [3.8, 4) is 17.2 Å². The van der Waals surface area contributed by atoms with Gasteiger partial charge in [-0.3, -0.25) is 15.1 Å². The molecule has 4 aromatic rings. The van der Waals surface area contributed by atoms with Crippen LogP contribution in [0.2, 0.25) is 0 Å². The van der Waals surface area contributed by atoms with Gasteiger partial charge in [0.15, 0.2) is 5.11 Å². The van der Waals surface area contributed by atoms with E-state index >= 15 is 0 Å². The van der Waals surface area contributed by atoms with Gasteiger partial charge in [0.2, 0.25) is 0 Å². The minimum Gasteiger partial charge on any atom is -0.495 e. The number of aromatic nitrogens is 2. The number of benzene rings is 2. The van der Waals surface area contributed by atoms with Crippen molar-refractivity contribution in [1.29, 1.82) is 0 Å². The summed E-state index contributed by atoms with van der Waals surface area (Å²) in [6.45, 7) is 6.52. The van der Waals surface area contributed by atoms with Gasteiger partial charge >= 0.3 is 0 Å². The van der Waals surface area contributed by atoms with Crippen LogP contribution in [0.3, 0.4) is 0 Å². The summed E-state index contributed by atoms with van der Waals surface area (Å²) in [5, 5.41) is 15.7. The molecule has 2 aromatic heterocycles. The molecule has 1 aliphatic rings. The van der Waals surface area contributed by atoms with Crippen LogP contribution in [0.4, 0.5) is 11.4 Å². The Balaban J connectivity index is 1.67. The van der Waals surface area contributed by atoms with Crippen molar-refractivity contribution in [2.45, 2.75) is 32.9 Å². The minimum absolute atomic E-state index is 0.00839. The van der Waals surface area contributed by atoms with Gasteiger partial charge < -0.3 is 24.3 Å². The van der Waals surface area contributed by atoms with E-state index < -0.39 is 4.92 Å². The lowest BCUT2D eigenvalue weighted by atomic mass is 9.96. The monoisotopic (exact) mass is 543 g/mol. The number of aryl methyl sites for hydroxylation is 1. The van der Waals surface area contributed by atoms with Crippen molar-refractivity contribution in [2.24, 2.45) is 0 Å². The van der Waals surface area contributed by atoms with Crippen LogP contribution in [-0.4, -0.2) is 33.3 Å². The van der Waals surface area contributed by atoms with E-state index in [4.69, 9.17) is 21.7 Å². The van der Waals surface area contributed by atoms with E-state index in [1.807, 2.05) is 67.8 Å². The molecule has 2 aromatic carbocycles. The zero-order valence-electron chi connectivity index (χ0n) is 22.1. The van der Waals surface area contributed by atoms with Gasteiger partial charge in [-0.1, -0.05) is 6.07 Å². The number of anilines is 1. The predicted molar refractivity (Wildman–Crippen MR) is 154 cm³/mol. The number of rotatable bonds is 8. The summed E-state index contributed by atoms with van der Waals surface area (Å²) < 4.78 is 13.2. The molecule has 1 fully saturated rings. The number of nitrogens with one attached hydrogen (secondary N) is 1. The van der Waals surface area contributed by atoms with Crippen LogP contribution in [0.1, 0.15) is 41.7 Å². The third-order valence-corrected chi connectivity index (χ3v) is 7.24. The maximum absolute atomic E-state index is 11.6. The molecule has 0 aliphatic carbocycles. The SMILES string of the molecule is CCOc1ccc(N2C(=S)N[C@@H](c3ccccn3)[C@H]2c2cc(C)n(-c3cc([N+](=O)[O-])ccc3OC)c2C)cc1. The Hall–Kier alpha value is -4.44. The molecule has 9 nitrogen and oxygen atoms in total. The Morgan fingerprint density at radius 2 is 1.87 bits per heavy atom. The molecule has 3 heterocycles. The summed E-state index contributed by atoms with van der Waals surface area (Å²) in [6, 6.07) is 19.9. The van der Waals surface area contributed by atoms with Crippen LogP contribution < -0.4 is 19.7 Å². The number of nitrogens with zero attached hydrogens (tertiary/aromatic N) is 4. The zero-order chi connectivity index (χ0) is 27.7. The van der Waals surface area contributed by atoms with E-state index in [1.165, 1.54) is 6.07 Å². The lowest BCUT2D eigenvalue weighted by molar-refractivity contribution is -0.384. The third kappa shape index (κ3) is 4.79. The quantitative estimate of drug-likeness (QED) is 0.165. The Morgan fingerprint density at radius 3 is 2.51 bits per heavy atom. The number of thiocarbonyl (C=S) groups is 1. The van der Waals surface area contributed by atoms with Crippen LogP contribution in [0, 0.1) is 24.0 Å². The second kappa shape index (κ2) is 10.7. The van der Waals surface area contributed by atoms with Gasteiger partial charge in [0.25, 0.3) is 5.69 Å². The number of hydrogen-bond acceptors (Lipinski definition) is 6. The molecule has 5 rings (SSSR count). The summed E-state index contributed by atoms with van der Waals surface area (Å²) in [5.74, 6) is 1.33. The Bertz CT molecular complexity index is 1520. The maximum Gasteiger partial charge on any atom is 0.271 e. The van der Waals surface area contributed by atoms with E-state index in [0.717, 1.165) is 34.1 Å². The van der Waals surface area contributed by atoms with E-state index in [9.17, 15) is 10.1 Å². The molecule has 39 heavy (non-hydrogen) atoms. The van der Waals surface area contributed by atoms with Crippen molar-refractivity contribution in [1.82, 2.24) is 14.9 Å². The fourth-order valence-corrected chi connectivity index (χ4v) is 5.59. The van der Waals surface area contributed by atoms with E-state index in [1.54, 1.807) is 25.4 Å². The summed E-state index contributed by atoms with van der Waals surface area (Å²) >= 11 is 5.88. The minimum atomic E-state index is -0.401. The second-order valence-corrected chi connectivity index (χ2v) is 9.59. The van der Waals surface area contributed by atoms with Crippen LogP contribution in [0.15, 0.2) is 72.9 Å². The van der Waals surface area contributed by atoms with Crippen LogP contribution in [0.5, 0.6) is 11.5 Å². The first-order chi connectivity index (χ1) is 18.8. The first kappa shape index (κ1) is 26.2. The highest BCUT2D eigenvalue weighted by molar-refractivity contribution is 7.80. The van der Waals surface area contributed by atoms with Crippen molar-refractivity contribution in [2.75, 3.05) is 18.6 Å². The van der Waals surface area contributed by atoms with E-state index in [-0.39, 0.29) is 17.8 Å². The number of methoxy groups -OCH3 is 1. The number of nitro benzene ring substituents is 1. The van der Waals surface area contributed by atoms with Gasteiger partial charge in [0.1, 0.15) is 11.5 Å². The topological polar surface area (TPSA) is 94.7 Å². The molecule has 1 N–H and O–H groups in total. The maximum atomic E-state index is 11.6. The van der Waals surface area contributed by atoms with Crippen LogP contribution >= 0.6 is 12.2 Å². The number of non-ortho nitro benzene ring substituents is 1. The van der Waals surface area contributed by atoms with Crippen molar-refractivity contribution in [3.05, 3.63) is 106 Å².